The van der Waals surface area contributed by atoms with Crippen LogP contribution in [-0.4, -0.2) is 30.1 Å². The lowest BCUT2D eigenvalue weighted by molar-refractivity contribution is 0.665. The molecule has 0 spiro atoms. The average Bonchev–Trinajstić information content (AvgIpc) is 2.34. The molecule has 1 aromatic heterocycles. The minimum absolute atomic E-state index is 0.518. The number of anilines is 1. The Balaban J connectivity index is 3.00. The summed E-state index contributed by atoms with van der Waals surface area (Å²) in [4.78, 5) is 6.83. The van der Waals surface area contributed by atoms with Gasteiger partial charge in [0.1, 0.15) is 0 Å². The zero-order valence-corrected chi connectivity index (χ0v) is 13.0. The summed E-state index contributed by atoms with van der Waals surface area (Å²) in [6, 6.07) is 2.66. The molecule has 0 saturated heterocycles. The molecule has 4 heteroatoms. The second kappa shape index (κ2) is 7.00. The molecule has 18 heavy (non-hydrogen) atoms. The van der Waals surface area contributed by atoms with Gasteiger partial charge in [-0.05, 0) is 45.3 Å². The second-order valence-electron chi connectivity index (χ2n) is 4.79. The summed E-state index contributed by atoms with van der Waals surface area (Å²) < 4.78 is 0. The first-order chi connectivity index (χ1) is 8.51. The van der Waals surface area contributed by atoms with Crippen molar-refractivity contribution in [2.45, 2.75) is 39.8 Å². The maximum absolute atomic E-state index is 5.87. The highest BCUT2D eigenvalue weighted by Gasteiger charge is 2.15. The van der Waals surface area contributed by atoms with Crippen molar-refractivity contribution in [2.24, 2.45) is 5.73 Å². The van der Waals surface area contributed by atoms with Crippen molar-refractivity contribution in [1.29, 1.82) is 0 Å². The maximum Gasteiger partial charge on any atom is 0.0448 e. The van der Waals surface area contributed by atoms with Crippen LogP contribution in [0.15, 0.2) is 6.07 Å². The van der Waals surface area contributed by atoms with E-state index in [2.05, 4.69) is 36.2 Å². The van der Waals surface area contributed by atoms with Gasteiger partial charge in [0.2, 0.25) is 0 Å². The highest BCUT2D eigenvalue weighted by atomic mass is 32.2. The van der Waals surface area contributed by atoms with Crippen LogP contribution in [0.25, 0.3) is 0 Å². The summed E-state index contributed by atoms with van der Waals surface area (Å²) in [5.41, 5.74) is 10.4. The van der Waals surface area contributed by atoms with E-state index in [-0.39, 0.29) is 0 Å². The molecule has 2 N–H and O–H groups in total. The van der Waals surface area contributed by atoms with Gasteiger partial charge in [0.25, 0.3) is 0 Å². The fourth-order valence-electron chi connectivity index (χ4n) is 2.12. The van der Waals surface area contributed by atoms with Gasteiger partial charge in [0.15, 0.2) is 0 Å². The van der Waals surface area contributed by atoms with Crippen LogP contribution in [0.1, 0.15) is 30.3 Å². The van der Waals surface area contributed by atoms with Crippen LogP contribution in [0.2, 0.25) is 0 Å². The fourth-order valence-corrected chi connectivity index (χ4v) is 2.70. The van der Waals surface area contributed by atoms with E-state index in [4.69, 9.17) is 5.73 Å². The Kier molecular flexibility index (Phi) is 5.96. The number of thioether (sulfide) groups is 1. The summed E-state index contributed by atoms with van der Waals surface area (Å²) in [6.45, 7) is 6.89. The van der Waals surface area contributed by atoms with Gasteiger partial charge in [-0.25, -0.2) is 0 Å². The third kappa shape index (κ3) is 3.62. The van der Waals surface area contributed by atoms with Gasteiger partial charge in [-0.3, -0.25) is 4.98 Å². The van der Waals surface area contributed by atoms with E-state index in [1.165, 1.54) is 23.4 Å². The van der Waals surface area contributed by atoms with Crippen LogP contribution in [0, 0.1) is 13.8 Å². The number of pyridine rings is 1. The molecular weight excluding hydrogens is 242 g/mol. The Hall–Kier alpha value is -0.740. The zero-order valence-electron chi connectivity index (χ0n) is 12.2. The largest absolute Gasteiger partial charge is 0.371 e. The van der Waals surface area contributed by atoms with Gasteiger partial charge < -0.3 is 10.6 Å². The molecule has 1 rings (SSSR count). The predicted molar refractivity (Wildman–Crippen MR) is 82.5 cm³/mol. The summed E-state index contributed by atoms with van der Waals surface area (Å²) in [5.74, 6) is 1.19. The average molecular weight is 267 g/mol. The van der Waals surface area contributed by atoms with E-state index >= 15 is 0 Å². The lowest BCUT2D eigenvalue weighted by Crippen LogP contribution is -2.31. The van der Waals surface area contributed by atoms with E-state index in [1.807, 2.05) is 25.6 Å². The SMILES string of the molecule is CSCCC(C)N(C)c1cc(C)nc(C)c1CN. The highest BCUT2D eigenvalue weighted by Crippen LogP contribution is 2.25. The van der Waals surface area contributed by atoms with E-state index in [0.29, 0.717) is 12.6 Å². The lowest BCUT2D eigenvalue weighted by atomic mass is 10.1. The normalized spacial score (nSPS) is 12.6. The molecule has 1 atom stereocenters. The fraction of sp³-hybridized carbons (Fsp3) is 0.643. The van der Waals surface area contributed by atoms with Crippen LogP contribution >= 0.6 is 11.8 Å². The van der Waals surface area contributed by atoms with Crippen LogP contribution < -0.4 is 10.6 Å². The van der Waals surface area contributed by atoms with E-state index in [9.17, 15) is 0 Å². The first kappa shape index (κ1) is 15.3. The minimum atomic E-state index is 0.518. The zero-order chi connectivity index (χ0) is 13.7. The maximum atomic E-state index is 5.87. The Labute approximate surface area is 115 Å². The molecule has 1 heterocycles. The van der Waals surface area contributed by atoms with Gasteiger partial charge >= 0.3 is 0 Å². The Morgan fingerprint density at radius 2 is 2.11 bits per heavy atom. The van der Waals surface area contributed by atoms with Crippen molar-refractivity contribution in [3.05, 3.63) is 23.0 Å². The van der Waals surface area contributed by atoms with E-state index in [1.54, 1.807) is 0 Å². The highest BCUT2D eigenvalue weighted by molar-refractivity contribution is 7.98. The number of nitrogens with two attached hydrogens (primary N) is 1. The molecule has 0 aliphatic rings. The van der Waals surface area contributed by atoms with Gasteiger partial charge in [0.05, 0.1) is 0 Å². The van der Waals surface area contributed by atoms with Crippen molar-refractivity contribution in [3.8, 4) is 0 Å². The quantitative estimate of drug-likeness (QED) is 0.860. The van der Waals surface area contributed by atoms with Crippen molar-refractivity contribution >= 4 is 17.4 Å². The smallest absolute Gasteiger partial charge is 0.0448 e. The van der Waals surface area contributed by atoms with E-state index < -0.39 is 0 Å². The molecule has 0 bridgehead atoms. The Morgan fingerprint density at radius 1 is 1.44 bits per heavy atom. The summed E-state index contributed by atoms with van der Waals surface area (Å²) >= 11 is 1.90. The Morgan fingerprint density at radius 3 is 2.67 bits per heavy atom. The number of hydrogen-bond donors (Lipinski definition) is 1. The molecule has 102 valence electrons. The second-order valence-corrected chi connectivity index (χ2v) is 5.78. The molecule has 0 fully saturated rings. The molecule has 0 saturated carbocycles. The minimum Gasteiger partial charge on any atom is -0.371 e. The third-order valence-corrected chi connectivity index (χ3v) is 4.06. The molecule has 3 nitrogen and oxygen atoms in total. The number of aryl methyl sites for hydroxylation is 2. The lowest BCUT2D eigenvalue weighted by Gasteiger charge is -2.29. The molecule has 0 aliphatic carbocycles. The number of nitrogens with zero attached hydrogens (tertiary/aromatic N) is 2. The summed E-state index contributed by atoms with van der Waals surface area (Å²) in [6.07, 6.45) is 3.33. The van der Waals surface area contributed by atoms with Crippen molar-refractivity contribution in [1.82, 2.24) is 4.98 Å². The van der Waals surface area contributed by atoms with Crippen LogP contribution in [0.3, 0.4) is 0 Å². The Bertz CT molecular complexity index is 393. The van der Waals surface area contributed by atoms with Crippen molar-refractivity contribution in [2.75, 3.05) is 24.0 Å². The molecule has 1 unspecified atom stereocenters. The molecule has 0 aliphatic heterocycles. The number of aromatic nitrogens is 1. The molecule has 0 aromatic carbocycles. The first-order valence-corrected chi connectivity index (χ1v) is 7.79. The van der Waals surface area contributed by atoms with Gasteiger partial charge in [-0.15, -0.1) is 0 Å². The van der Waals surface area contributed by atoms with Crippen LogP contribution in [0.5, 0.6) is 0 Å². The van der Waals surface area contributed by atoms with Gasteiger partial charge in [-0.2, -0.15) is 11.8 Å². The summed E-state index contributed by atoms with van der Waals surface area (Å²) in [5, 5.41) is 0. The van der Waals surface area contributed by atoms with Gasteiger partial charge in [0, 0.05) is 42.3 Å². The molecule has 0 radical (unpaired) electrons. The van der Waals surface area contributed by atoms with Crippen LogP contribution in [0.4, 0.5) is 5.69 Å². The molecular formula is C14H25N3S. The van der Waals surface area contributed by atoms with Gasteiger partial charge in [-0.1, -0.05) is 0 Å². The van der Waals surface area contributed by atoms with Crippen molar-refractivity contribution < 1.29 is 0 Å². The number of rotatable bonds is 6. The molecule has 0 amide bonds. The third-order valence-electron chi connectivity index (χ3n) is 3.42. The first-order valence-electron chi connectivity index (χ1n) is 6.40. The monoisotopic (exact) mass is 267 g/mol. The predicted octanol–water partition coefficient (Wildman–Crippen LogP) is 2.73. The van der Waals surface area contributed by atoms with E-state index in [0.717, 1.165) is 11.4 Å². The van der Waals surface area contributed by atoms with Crippen molar-refractivity contribution in [3.63, 3.8) is 0 Å². The summed E-state index contributed by atoms with van der Waals surface area (Å²) in [7, 11) is 2.15. The van der Waals surface area contributed by atoms with Crippen LogP contribution in [-0.2, 0) is 6.54 Å². The topological polar surface area (TPSA) is 42.2 Å². The molecule has 1 aromatic rings. The standard InChI is InChI=1S/C14H25N3S/c1-10-8-14(13(9-15)12(3)16-10)17(4)11(2)6-7-18-5/h8,11H,6-7,9,15H2,1-5H3. The number of hydrogen-bond acceptors (Lipinski definition) is 4.